The van der Waals surface area contributed by atoms with Crippen LogP contribution in [0.4, 0.5) is 0 Å². The molecule has 5 nitrogen and oxygen atoms in total. The second-order valence-electron chi connectivity index (χ2n) is 4.89. The van der Waals surface area contributed by atoms with Crippen LogP contribution in [0.1, 0.15) is 31.5 Å². The summed E-state index contributed by atoms with van der Waals surface area (Å²) in [5.74, 6) is 2.41. The van der Waals surface area contributed by atoms with Gasteiger partial charge in [0.2, 0.25) is 0 Å². The summed E-state index contributed by atoms with van der Waals surface area (Å²) >= 11 is 0. The van der Waals surface area contributed by atoms with Gasteiger partial charge in [-0.25, -0.2) is 0 Å². The van der Waals surface area contributed by atoms with Crippen molar-refractivity contribution in [3.63, 3.8) is 0 Å². The first-order chi connectivity index (χ1) is 9.86. The highest BCUT2D eigenvalue weighted by atomic mass is 16.5. The molecule has 1 aromatic carbocycles. The molecule has 0 aliphatic carbocycles. The Kier molecular flexibility index (Phi) is 3.97. The van der Waals surface area contributed by atoms with Crippen molar-refractivity contribution < 1.29 is 14.0 Å². The van der Waals surface area contributed by atoms with Gasteiger partial charge in [-0.15, -0.1) is 0 Å². The van der Waals surface area contributed by atoms with E-state index in [9.17, 15) is 0 Å². The van der Waals surface area contributed by atoms with Gasteiger partial charge in [0.05, 0.1) is 13.2 Å². The molecule has 0 amide bonds. The Hall–Kier alpha value is -1.88. The van der Waals surface area contributed by atoms with E-state index >= 15 is 0 Å². The van der Waals surface area contributed by atoms with E-state index in [4.69, 9.17) is 14.0 Å². The predicted molar refractivity (Wildman–Crippen MR) is 73.7 cm³/mol. The maximum absolute atomic E-state index is 5.55. The molecule has 5 heteroatoms. The maximum Gasteiger partial charge on any atom is 0.257 e. The molecule has 1 aliphatic rings. The molecular weight excluding hydrogens is 256 g/mol. The molecular formula is C15H18N2O3. The zero-order chi connectivity index (χ0) is 13.8. The maximum atomic E-state index is 5.55. The Bertz CT molecular complexity index is 545. The molecule has 0 bridgehead atoms. The molecule has 0 radical (unpaired) electrons. The highest BCUT2D eigenvalue weighted by molar-refractivity contribution is 5.54. The van der Waals surface area contributed by atoms with E-state index < -0.39 is 0 Å². The van der Waals surface area contributed by atoms with Crippen molar-refractivity contribution in [1.82, 2.24) is 10.1 Å². The van der Waals surface area contributed by atoms with Gasteiger partial charge in [-0.2, -0.15) is 4.98 Å². The summed E-state index contributed by atoms with van der Waals surface area (Å²) in [6.45, 7) is 4.27. The van der Waals surface area contributed by atoms with E-state index in [2.05, 4.69) is 17.1 Å². The van der Waals surface area contributed by atoms with Crippen LogP contribution in [-0.4, -0.2) is 30.0 Å². The summed E-state index contributed by atoms with van der Waals surface area (Å²) in [7, 11) is 0. The summed E-state index contributed by atoms with van der Waals surface area (Å²) < 4.78 is 16.2. The fraction of sp³-hybridized carbons (Fsp3) is 0.467. The fourth-order valence-corrected chi connectivity index (χ4v) is 2.17. The lowest BCUT2D eigenvalue weighted by Gasteiger charge is -2.03. The monoisotopic (exact) mass is 274 g/mol. The Labute approximate surface area is 117 Å². The second kappa shape index (κ2) is 6.05. The third kappa shape index (κ3) is 2.82. The standard InChI is InChI=1S/C15H18N2O3/c1-2-8-19-13-5-3-11(4-6-13)15-16-14(17-20-15)12-7-9-18-10-12/h3-6,12H,2,7-10H2,1H3. The van der Waals surface area contributed by atoms with Crippen LogP contribution >= 0.6 is 0 Å². The van der Waals surface area contributed by atoms with Crippen LogP contribution in [0.5, 0.6) is 5.75 Å². The molecule has 20 heavy (non-hydrogen) atoms. The van der Waals surface area contributed by atoms with E-state index in [1.165, 1.54) is 0 Å². The summed E-state index contributed by atoms with van der Waals surface area (Å²) in [5, 5.41) is 4.05. The molecule has 106 valence electrons. The van der Waals surface area contributed by atoms with Gasteiger partial charge in [0.1, 0.15) is 5.75 Å². The average molecular weight is 274 g/mol. The molecule has 1 unspecified atom stereocenters. The van der Waals surface area contributed by atoms with Crippen molar-refractivity contribution >= 4 is 0 Å². The molecule has 1 fully saturated rings. The number of benzene rings is 1. The SMILES string of the molecule is CCCOc1ccc(-c2nc(C3CCOC3)no2)cc1. The van der Waals surface area contributed by atoms with Crippen LogP contribution in [0, 0.1) is 0 Å². The van der Waals surface area contributed by atoms with E-state index in [-0.39, 0.29) is 5.92 Å². The highest BCUT2D eigenvalue weighted by Gasteiger charge is 2.23. The first-order valence-electron chi connectivity index (χ1n) is 7.01. The summed E-state index contributed by atoms with van der Waals surface area (Å²) in [4.78, 5) is 4.46. The lowest BCUT2D eigenvalue weighted by molar-refractivity contribution is 0.192. The number of hydrogen-bond donors (Lipinski definition) is 0. The average Bonchev–Trinajstić information content (AvgIpc) is 3.16. The van der Waals surface area contributed by atoms with Gasteiger partial charge in [0, 0.05) is 18.1 Å². The second-order valence-corrected chi connectivity index (χ2v) is 4.89. The molecule has 0 spiro atoms. The number of nitrogens with zero attached hydrogens (tertiary/aromatic N) is 2. The van der Waals surface area contributed by atoms with Crippen molar-refractivity contribution in [2.45, 2.75) is 25.7 Å². The number of hydrogen-bond acceptors (Lipinski definition) is 5. The third-order valence-electron chi connectivity index (χ3n) is 3.31. The van der Waals surface area contributed by atoms with Crippen LogP contribution in [-0.2, 0) is 4.74 Å². The quantitative estimate of drug-likeness (QED) is 0.838. The van der Waals surface area contributed by atoms with E-state index in [0.29, 0.717) is 12.5 Å². The lowest BCUT2D eigenvalue weighted by Crippen LogP contribution is -1.99. The van der Waals surface area contributed by atoms with Crippen LogP contribution in [0.2, 0.25) is 0 Å². The lowest BCUT2D eigenvalue weighted by atomic mass is 10.1. The van der Waals surface area contributed by atoms with Gasteiger partial charge in [0.25, 0.3) is 5.89 Å². The predicted octanol–water partition coefficient (Wildman–Crippen LogP) is 3.03. The highest BCUT2D eigenvalue weighted by Crippen LogP contribution is 2.26. The van der Waals surface area contributed by atoms with Crippen LogP contribution in [0.3, 0.4) is 0 Å². The normalized spacial score (nSPS) is 18.4. The minimum atomic E-state index is 0.264. The Balaban J connectivity index is 1.72. The Morgan fingerprint density at radius 2 is 2.15 bits per heavy atom. The molecule has 0 saturated carbocycles. The first-order valence-corrected chi connectivity index (χ1v) is 7.01. The zero-order valence-electron chi connectivity index (χ0n) is 11.5. The van der Waals surface area contributed by atoms with Gasteiger partial charge in [-0.05, 0) is 37.1 Å². The van der Waals surface area contributed by atoms with E-state index in [1.54, 1.807) is 0 Å². The van der Waals surface area contributed by atoms with Gasteiger partial charge in [0.15, 0.2) is 5.82 Å². The molecule has 0 N–H and O–H groups in total. The molecule has 1 aromatic heterocycles. The Morgan fingerprint density at radius 3 is 2.85 bits per heavy atom. The minimum Gasteiger partial charge on any atom is -0.494 e. The van der Waals surface area contributed by atoms with Crippen molar-refractivity contribution in [1.29, 1.82) is 0 Å². The summed E-state index contributed by atoms with van der Waals surface area (Å²) in [5.41, 5.74) is 0.909. The van der Waals surface area contributed by atoms with Crippen molar-refractivity contribution in [3.8, 4) is 17.2 Å². The first kappa shape index (κ1) is 13.1. The van der Waals surface area contributed by atoms with E-state index in [0.717, 1.165) is 43.2 Å². The van der Waals surface area contributed by atoms with Gasteiger partial charge in [-0.1, -0.05) is 12.1 Å². The smallest absolute Gasteiger partial charge is 0.257 e. The van der Waals surface area contributed by atoms with E-state index in [1.807, 2.05) is 24.3 Å². The largest absolute Gasteiger partial charge is 0.494 e. The van der Waals surface area contributed by atoms with Crippen LogP contribution in [0.25, 0.3) is 11.5 Å². The molecule has 1 aliphatic heterocycles. The topological polar surface area (TPSA) is 57.4 Å². The summed E-state index contributed by atoms with van der Waals surface area (Å²) in [6.07, 6.45) is 1.96. The third-order valence-corrected chi connectivity index (χ3v) is 3.31. The number of ether oxygens (including phenoxy) is 2. The molecule has 3 rings (SSSR count). The van der Waals surface area contributed by atoms with Crippen molar-refractivity contribution in [2.75, 3.05) is 19.8 Å². The Morgan fingerprint density at radius 1 is 1.30 bits per heavy atom. The van der Waals surface area contributed by atoms with Crippen LogP contribution < -0.4 is 4.74 Å². The molecule has 2 aromatic rings. The fourth-order valence-electron chi connectivity index (χ4n) is 2.17. The van der Waals surface area contributed by atoms with Crippen LogP contribution in [0.15, 0.2) is 28.8 Å². The molecule has 1 atom stereocenters. The molecule has 2 heterocycles. The van der Waals surface area contributed by atoms with Gasteiger partial charge >= 0.3 is 0 Å². The minimum absolute atomic E-state index is 0.264. The number of rotatable bonds is 5. The van der Waals surface area contributed by atoms with Crippen molar-refractivity contribution in [3.05, 3.63) is 30.1 Å². The van der Waals surface area contributed by atoms with Gasteiger partial charge < -0.3 is 14.0 Å². The summed E-state index contributed by atoms with van der Waals surface area (Å²) in [6, 6.07) is 7.72. The number of aromatic nitrogens is 2. The zero-order valence-corrected chi connectivity index (χ0v) is 11.5. The molecule has 1 saturated heterocycles. The van der Waals surface area contributed by atoms with Gasteiger partial charge in [-0.3, -0.25) is 0 Å². The van der Waals surface area contributed by atoms with Crippen molar-refractivity contribution in [2.24, 2.45) is 0 Å².